The van der Waals surface area contributed by atoms with Crippen LogP contribution >= 0.6 is 0 Å². The van der Waals surface area contributed by atoms with E-state index in [0.29, 0.717) is 17.1 Å². The standard InChI is InChI=1S/C20H21N5O2S/c1-12-7-8-25-11-18(21-19(25)9-12)16-6-5-13(2)17(10-16)24-28(26,27)20-14(3)22-23-15(20)4/h5-11,24H,1-4H3,(H,22,23). The van der Waals surface area contributed by atoms with Crippen LogP contribution in [0.15, 0.2) is 47.6 Å². The quantitative estimate of drug-likeness (QED) is 0.550. The SMILES string of the molecule is Cc1ccn2cc(-c3ccc(C)c(NS(=O)(=O)c4c(C)n[nH]c4C)c3)nc2c1. The first-order valence-electron chi connectivity index (χ1n) is 8.85. The lowest BCUT2D eigenvalue weighted by Gasteiger charge is -2.12. The number of hydrogen-bond acceptors (Lipinski definition) is 4. The summed E-state index contributed by atoms with van der Waals surface area (Å²) in [7, 11) is -3.75. The number of rotatable bonds is 4. The molecule has 0 fully saturated rings. The van der Waals surface area contributed by atoms with Gasteiger partial charge in [0.2, 0.25) is 0 Å². The van der Waals surface area contributed by atoms with E-state index in [4.69, 9.17) is 0 Å². The number of nitrogens with one attached hydrogen (secondary N) is 2. The number of aromatic nitrogens is 4. The minimum Gasteiger partial charge on any atom is -0.306 e. The molecule has 8 heteroatoms. The zero-order valence-electron chi connectivity index (χ0n) is 16.1. The van der Waals surface area contributed by atoms with Gasteiger partial charge in [0.1, 0.15) is 10.5 Å². The van der Waals surface area contributed by atoms with Crippen LogP contribution in [0, 0.1) is 27.7 Å². The van der Waals surface area contributed by atoms with Gasteiger partial charge in [0.25, 0.3) is 10.0 Å². The van der Waals surface area contributed by atoms with Gasteiger partial charge in [-0.3, -0.25) is 9.82 Å². The molecule has 144 valence electrons. The molecule has 0 bridgehead atoms. The number of sulfonamides is 1. The third-order valence-electron chi connectivity index (χ3n) is 4.72. The first-order chi connectivity index (χ1) is 13.2. The Hall–Kier alpha value is -3.13. The molecule has 0 spiro atoms. The summed E-state index contributed by atoms with van der Waals surface area (Å²) in [6.07, 6.45) is 3.89. The van der Waals surface area contributed by atoms with Crippen molar-refractivity contribution in [2.45, 2.75) is 32.6 Å². The smallest absolute Gasteiger partial charge is 0.265 e. The molecular weight excluding hydrogens is 374 g/mol. The summed E-state index contributed by atoms with van der Waals surface area (Å²) in [6, 6.07) is 9.66. The van der Waals surface area contributed by atoms with Crippen molar-refractivity contribution in [2.75, 3.05) is 4.72 Å². The van der Waals surface area contributed by atoms with Gasteiger partial charge in [-0.1, -0.05) is 12.1 Å². The molecule has 0 unspecified atom stereocenters. The van der Waals surface area contributed by atoms with Crippen LogP contribution in [-0.4, -0.2) is 28.0 Å². The second kappa shape index (κ2) is 6.49. The molecule has 7 nitrogen and oxygen atoms in total. The Morgan fingerprint density at radius 1 is 1.07 bits per heavy atom. The molecule has 1 aromatic carbocycles. The number of aromatic amines is 1. The van der Waals surface area contributed by atoms with E-state index < -0.39 is 10.0 Å². The molecule has 0 aliphatic rings. The summed E-state index contributed by atoms with van der Waals surface area (Å²) >= 11 is 0. The molecule has 3 heterocycles. The van der Waals surface area contributed by atoms with Crippen molar-refractivity contribution in [2.24, 2.45) is 0 Å². The van der Waals surface area contributed by atoms with Gasteiger partial charge in [-0.15, -0.1) is 0 Å². The molecule has 0 aliphatic carbocycles. The van der Waals surface area contributed by atoms with E-state index in [-0.39, 0.29) is 4.90 Å². The predicted octanol–water partition coefficient (Wildman–Crippen LogP) is 3.76. The van der Waals surface area contributed by atoms with Crippen LogP contribution in [0.3, 0.4) is 0 Å². The second-order valence-corrected chi connectivity index (χ2v) is 8.61. The Morgan fingerprint density at radius 3 is 2.57 bits per heavy atom. The summed E-state index contributed by atoms with van der Waals surface area (Å²) in [4.78, 5) is 4.84. The Morgan fingerprint density at radius 2 is 1.86 bits per heavy atom. The summed E-state index contributed by atoms with van der Waals surface area (Å²) in [5.74, 6) is 0. The van der Waals surface area contributed by atoms with E-state index in [1.54, 1.807) is 13.8 Å². The van der Waals surface area contributed by atoms with Crippen molar-refractivity contribution in [3.05, 3.63) is 65.2 Å². The van der Waals surface area contributed by atoms with E-state index >= 15 is 0 Å². The van der Waals surface area contributed by atoms with Gasteiger partial charge in [0.15, 0.2) is 0 Å². The maximum atomic E-state index is 12.9. The number of aryl methyl sites for hydroxylation is 4. The fourth-order valence-electron chi connectivity index (χ4n) is 3.25. The first-order valence-corrected chi connectivity index (χ1v) is 10.3. The Kier molecular flexibility index (Phi) is 4.23. The number of imidazole rings is 1. The molecule has 28 heavy (non-hydrogen) atoms. The van der Waals surface area contributed by atoms with Gasteiger partial charge in [0, 0.05) is 18.0 Å². The van der Waals surface area contributed by atoms with Crippen molar-refractivity contribution < 1.29 is 8.42 Å². The fourth-order valence-corrected chi connectivity index (χ4v) is 4.74. The highest BCUT2D eigenvalue weighted by Crippen LogP contribution is 2.28. The fraction of sp³-hybridized carbons (Fsp3) is 0.200. The van der Waals surface area contributed by atoms with Crippen molar-refractivity contribution in [3.63, 3.8) is 0 Å². The van der Waals surface area contributed by atoms with Crippen LogP contribution in [0.2, 0.25) is 0 Å². The van der Waals surface area contributed by atoms with E-state index in [0.717, 1.165) is 28.0 Å². The monoisotopic (exact) mass is 395 g/mol. The number of anilines is 1. The third-order valence-corrected chi connectivity index (χ3v) is 6.35. The number of pyridine rings is 1. The lowest BCUT2D eigenvalue weighted by atomic mass is 10.1. The molecule has 0 aliphatic heterocycles. The van der Waals surface area contributed by atoms with Crippen molar-refractivity contribution in [3.8, 4) is 11.3 Å². The van der Waals surface area contributed by atoms with Crippen molar-refractivity contribution >= 4 is 21.4 Å². The molecule has 4 aromatic rings. The Balaban J connectivity index is 1.75. The summed E-state index contributed by atoms with van der Waals surface area (Å²) in [5.41, 5.74) is 5.89. The van der Waals surface area contributed by atoms with Gasteiger partial charge in [-0.25, -0.2) is 13.4 Å². The van der Waals surface area contributed by atoms with Crippen LogP contribution in [0.5, 0.6) is 0 Å². The molecular formula is C20H21N5O2S. The van der Waals surface area contributed by atoms with E-state index in [1.165, 1.54) is 0 Å². The minimum absolute atomic E-state index is 0.181. The second-order valence-electron chi connectivity index (χ2n) is 6.99. The molecule has 4 rings (SSSR count). The van der Waals surface area contributed by atoms with Gasteiger partial charge in [0.05, 0.1) is 22.8 Å². The van der Waals surface area contributed by atoms with Gasteiger partial charge in [-0.2, -0.15) is 5.10 Å². The number of hydrogen-bond donors (Lipinski definition) is 2. The number of nitrogens with zero attached hydrogens (tertiary/aromatic N) is 3. The molecule has 0 amide bonds. The van der Waals surface area contributed by atoms with Crippen molar-refractivity contribution in [1.29, 1.82) is 0 Å². The topological polar surface area (TPSA) is 92.1 Å². The third kappa shape index (κ3) is 3.16. The van der Waals surface area contributed by atoms with Crippen LogP contribution in [0.4, 0.5) is 5.69 Å². The largest absolute Gasteiger partial charge is 0.306 e. The van der Waals surface area contributed by atoms with Crippen LogP contribution < -0.4 is 4.72 Å². The molecule has 3 aromatic heterocycles. The molecule has 0 saturated heterocycles. The van der Waals surface area contributed by atoms with Crippen LogP contribution in [0.25, 0.3) is 16.9 Å². The predicted molar refractivity (Wildman–Crippen MR) is 109 cm³/mol. The molecule has 0 atom stereocenters. The van der Waals surface area contributed by atoms with Crippen LogP contribution in [0.1, 0.15) is 22.5 Å². The first kappa shape index (κ1) is 18.2. The normalized spacial score (nSPS) is 11.9. The Labute approximate surface area is 163 Å². The van der Waals surface area contributed by atoms with Gasteiger partial charge >= 0.3 is 0 Å². The Bertz CT molecular complexity index is 1280. The molecule has 2 N–H and O–H groups in total. The maximum absolute atomic E-state index is 12.9. The van der Waals surface area contributed by atoms with Gasteiger partial charge in [-0.05, 0) is 57.0 Å². The van der Waals surface area contributed by atoms with E-state index in [2.05, 4.69) is 19.9 Å². The van der Waals surface area contributed by atoms with Gasteiger partial charge < -0.3 is 4.40 Å². The summed E-state index contributed by atoms with van der Waals surface area (Å²) < 4.78 is 30.4. The average molecular weight is 395 g/mol. The summed E-state index contributed by atoms with van der Waals surface area (Å²) in [5, 5.41) is 6.70. The lowest BCUT2D eigenvalue weighted by molar-refractivity contribution is 0.600. The lowest BCUT2D eigenvalue weighted by Crippen LogP contribution is -2.15. The highest BCUT2D eigenvalue weighted by Gasteiger charge is 2.23. The minimum atomic E-state index is -3.75. The number of fused-ring (bicyclic) bond motifs is 1. The molecule has 0 radical (unpaired) electrons. The number of benzene rings is 1. The maximum Gasteiger partial charge on any atom is 0.265 e. The number of H-pyrrole nitrogens is 1. The zero-order chi connectivity index (χ0) is 20.1. The zero-order valence-corrected chi connectivity index (χ0v) is 16.9. The average Bonchev–Trinajstić information content (AvgIpc) is 3.19. The molecule has 0 saturated carbocycles. The highest BCUT2D eigenvalue weighted by molar-refractivity contribution is 7.92. The van der Waals surface area contributed by atoms with E-state index in [9.17, 15) is 8.42 Å². The highest BCUT2D eigenvalue weighted by atomic mass is 32.2. The van der Waals surface area contributed by atoms with Crippen molar-refractivity contribution in [1.82, 2.24) is 19.6 Å². The van der Waals surface area contributed by atoms with E-state index in [1.807, 2.05) is 61.0 Å². The van der Waals surface area contributed by atoms with Crippen LogP contribution in [-0.2, 0) is 10.0 Å². The summed E-state index contributed by atoms with van der Waals surface area (Å²) in [6.45, 7) is 7.24.